The van der Waals surface area contributed by atoms with Crippen LogP contribution in [0.2, 0.25) is 0 Å². The first-order valence-electron chi connectivity index (χ1n) is 6.19. The first-order valence-corrected chi connectivity index (χ1v) is 6.19. The van der Waals surface area contributed by atoms with E-state index in [1.807, 2.05) is 55.1 Å². The van der Waals surface area contributed by atoms with E-state index in [9.17, 15) is 4.79 Å². The molecule has 1 aromatic heterocycles. The van der Waals surface area contributed by atoms with Crippen LogP contribution in [-0.2, 0) is 11.3 Å². The molecule has 0 fully saturated rings. The summed E-state index contributed by atoms with van der Waals surface area (Å²) in [6.45, 7) is 4.52. The number of hydrogen-bond acceptors (Lipinski definition) is 3. The zero-order valence-electron chi connectivity index (χ0n) is 11.1. The van der Waals surface area contributed by atoms with E-state index in [-0.39, 0.29) is 11.8 Å². The van der Waals surface area contributed by atoms with E-state index in [1.165, 1.54) is 0 Å². The van der Waals surface area contributed by atoms with Crippen molar-refractivity contribution in [2.24, 2.45) is 5.84 Å². The molecule has 1 atom stereocenters. The molecule has 1 amide bonds. The van der Waals surface area contributed by atoms with Gasteiger partial charge in [-0.1, -0.05) is 24.3 Å². The van der Waals surface area contributed by atoms with Gasteiger partial charge in [0.2, 0.25) is 5.91 Å². The van der Waals surface area contributed by atoms with Gasteiger partial charge in [-0.3, -0.25) is 14.9 Å². The number of carbonyl (C=O) groups is 1. The van der Waals surface area contributed by atoms with Gasteiger partial charge in [-0.25, -0.2) is 5.84 Å². The lowest BCUT2D eigenvalue weighted by molar-refractivity contribution is -0.122. The normalized spacial score (nSPS) is 12.2. The number of nitrogens with zero attached hydrogens (tertiary/aromatic N) is 2. The zero-order valence-corrected chi connectivity index (χ0v) is 11.1. The Morgan fingerprint density at radius 2 is 2.05 bits per heavy atom. The number of aromatic nitrogens is 2. The molecule has 1 aromatic carbocycles. The van der Waals surface area contributed by atoms with Crippen molar-refractivity contribution >= 4 is 5.91 Å². The number of aryl methyl sites for hydroxylation is 1. The molecule has 0 radical (unpaired) electrons. The molecule has 100 valence electrons. The predicted molar refractivity (Wildman–Crippen MR) is 73.3 cm³/mol. The first kappa shape index (κ1) is 13.3. The Morgan fingerprint density at radius 3 is 2.58 bits per heavy atom. The highest BCUT2D eigenvalue weighted by Crippen LogP contribution is 2.16. The van der Waals surface area contributed by atoms with Gasteiger partial charge in [0.25, 0.3) is 0 Å². The number of hydrazine groups is 1. The Morgan fingerprint density at radius 1 is 1.37 bits per heavy atom. The van der Waals surface area contributed by atoms with Gasteiger partial charge < -0.3 is 0 Å². The van der Waals surface area contributed by atoms with E-state index < -0.39 is 0 Å². The highest BCUT2D eigenvalue weighted by atomic mass is 16.2. The van der Waals surface area contributed by atoms with Crippen molar-refractivity contribution in [3.63, 3.8) is 0 Å². The van der Waals surface area contributed by atoms with Gasteiger partial charge in [-0.05, 0) is 31.0 Å². The standard InChI is InChI=1S/C14H18N4O/c1-10-7-8-18(17-10)9-12-3-5-13(6-4-12)11(2)14(19)16-15/h3-8,11H,9,15H2,1-2H3,(H,16,19). The number of benzene rings is 1. The number of nitrogens with two attached hydrogens (primary N) is 1. The molecule has 5 heteroatoms. The lowest BCUT2D eigenvalue weighted by Crippen LogP contribution is -2.33. The minimum Gasteiger partial charge on any atom is -0.294 e. The average Bonchev–Trinajstić information content (AvgIpc) is 2.83. The molecular weight excluding hydrogens is 240 g/mol. The second-order valence-corrected chi connectivity index (χ2v) is 4.63. The second-order valence-electron chi connectivity index (χ2n) is 4.63. The van der Waals surface area contributed by atoms with E-state index in [0.717, 1.165) is 23.4 Å². The third kappa shape index (κ3) is 3.20. The smallest absolute Gasteiger partial charge is 0.241 e. The lowest BCUT2D eigenvalue weighted by Gasteiger charge is -2.10. The maximum atomic E-state index is 11.4. The van der Waals surface area contributed by atoms with Crippen LogP contribution in [-0.4, -0.2) is 15.7 Å². The summed E-state index contributed by atoms with van der Waals surface area (Å²) in [6, 6.07) is 9.89. The van der Waals surface area contributed by atoms with Crippen LogP contribution >= 0.6 is 0 Å². The number of hydrogen-bond donors (Lipinski definition) is 2. The van der Waals surface area contributed by atoms with Crippen LogP contribution in [0.15, 0.2) is 36.5 Å². The number of nitrogens with one attached hydrogen (secondary N) is 1. The molecule has 5 nitrogen and oxygen atoms in total. The average molecular weight is 258 g/mol. The van der Waals surface area contributed by atoms with Gasteiger partial charge in [-0.15, -0.1) is 0 Å². The summed E-state index contributed by atoms with van der Waals surface area (Å²) in [4.78, 5) is 11.4. The van der Waals surface area contributed by atoms with Gasteiger partial charge in [0, 0.05) is 6.20 Å². The third-order valence-corrected chi connectivity index (χ3v) is 3.13. The maximum absolute atomic E-state index is 11.4. The monoisotopic (exact) mass is 258 g/mol. The molecule has 3 N–H and O–H groups in total. The Hall–Kier alpha value is -2.14. The molecule has 0 aliphatic rings. The highest BCUT2D eigenvalue weighted by Gasteiger charge is 2.13. The summed E-state index contributed by atoms with van der Waals surface area (Å²) in [6.07, 6.45) is 1.95. The quantitative estimate of drug-likeness (QED) is 0.493. The van der Waals surface area contributed by atoms with Gasteiger partial charge in [0.15, 0.2) is 0 Å². The minimum absolute atomic E-state index is 0.185. The Labute approximate surface area is 112 Å². The molecule has 19 heavy (non-hydrogen) atoms. The van der Waals surface area contributed by atoms with E-state index in [0.29, 0.717) is 0 Å². The van der Waals surface area contributed by atoms with Crippen molar-refractivity contribution in [3.05, 3.63) is 53.3 Å². The van der Waals surface area contributed by atoms with Crippen molar-refractivity contribution in [2.45, 2.75) is 26.3 Å². The second kappa shape index (κ2) is 5.67. The van der Waals surface area contributed by atoms with Gasteiger partial charge in [-0.2, -0.15) is 5.10 Å². The van der Waals surface area contributed by atoms with E-state index in [4.69, 9.17) is 5.84 Å². The van der Waals surface area contributed by atoms with Gasteiger partial charge in [0.1, 0.15) is 0 Å². The van der Waals surface area contributed by atoms with Gasteiger partial charge in [0.05, 0.1) is 18.2 Å². The minimum atomic E-state index is -0.244. The van der Waals surface area contributed by atoms with Crippen molar-refractivity contribution < 1.29 is 4.79 Å². The lowest BCUT2D eigenvalue weighted by atomic mass is 9.99. The molecule has 1 heterocycles. The predicted octanol–water partition coefficient (Wildman–Crippen LogP) is 1.33. The summed E-state index contributed by atoms with van der Waals surface area (Å²) in [5, 5.41) is 4.34. The first-order chi connectivity index (χ1) is 9.10. The fourth-order valence-electron chi connectivity index (χ4n) is 1.93. The number of carbonyl (C=O) groups excluding carboxylic acids is 1. The molecule has 2 aromatic rings. The molecule has 0 aliphatic heterocycles. The molecule has 0 saturated carbocycles. The third-order valence-electron chi connectivity index (χ3n) is 3.13. The van der Waals surface area contributed by atoms with Crippen LogP contribution in [0.5, 0.6) is 0 Å². The van der Waals surface area contributed by atoms with Crippen LogP contribution in [0.4, 0.5) is 0 Å². The summed E-state index contributed by atoms with van der Waals surface area (Å²) in [5.41, 5.74) is 5.26. The van der Waals surface area contributed by atoms with Crippen molar-refractivity contribution in [1.82, 2.24) is 15.2 Å². The molecule has 0 spiro atoms. The molecule has 2 rings (SSSR count). The highest BCUT2D eigenvalue weighted by molar-refractivity contribution is 5.82. The number of amides is 1. The Bertz CT molecular complexity index is 559. The van der Waals surface area contributed by atoms with Crippen LogP contribution in [0.25, 0.3) is 0 Å². The summed E-state index contributed by atoms with van der Waals surface area (Å²) >= 11 is 0. The van der Waals surface area contributed by atoms with Crippen LogP contribution in [0, 0.1) is 6.92 Å². The van der Waals surface area contributed by atoms with E-state index in [2.05, 4.69) is 10.5 Å². The molecule has 1 unspecified atom stereocenters. The SMILES string of the molecule is Cc1ccn(Cc2ccc(C(C)C(=O)NN)cc2)n1. The zero-order chi connectivity index (χ0) is 13.8. The van der Waals surface area contributed by atoms with Crippen molar-refractivity contribution in [2.75, 3.05) is 0 Å². The summed E-state index contributed by atoms with van der Waals surface area (Å²) in [5.74, 6) is 4.70. The molecule has 0 aliphatic carbocycles. The van der Waals surface area contributed by atoms with Gasteiger partial charge >= 0.3 is 0 Å². The fraction of sp³-hybridized carbons (Fsp3) is 0.286. The maximum Gasteiger partial charge on any atom is 0.241 e. The van der Waals surface area contributed by atoms with E-state index in [1.54, 1.807) is 0 Å². The topological polar surface area (TPSA) is 72.9 Å². The van der Waals surface area contributed by atoms with Crippen LogP contribution in [0.3, 0.4) is 0 Å². The Kier molecular flexibility index (Phi) is 3.97. The fourth-order valence-corrected chi connectivity index (χ4v) is 1.93. The Balaban J connectivity index is 2.08. The summed E-state index contributed by atoms with van der Waals surface area (Å²) in [7, 11) is 0. The number of rotatable bonds is 4. The van der Waals surface area contributed by atoms with Crippen molar-refractivity contribution in [3.8, 4) is 0 Å². The molecular formula is C14H18N4O. The van der Waals surface area contributed by atoms with E-state index >= 15 is 0 Å². The summed E-state index contributed by atoms with van der Waals surface area (Å²) < 4.78 is 1.89. The molecule has 0 saturated heterocycles. The van der Waals surface area contributed by atoms with Crippen LogP contribution in [0.1, 0.15) is 29.7 Å². The largest absolute Gasteiger partial charge is 0.294 e. The van der Waals surface area contributed by atoms with Crippen molar-refractivity contribution in [1.29, 1.82) is 0 Å². The van der Waals surface area contributed by atoms with Crippen LogP contribution < -0.4 is 11.3 Å². The molecule has 0 bridgehead atoms.